The Labute approximate surface area is 166 Å². The van der Waals surface area contributed by atoms with E-state index in [1.54, 1.807) is 0 Å². The zero-order valence-corrected chi connectivity index (χ0v) is 16.6. The van der Waals surface area contributed by atoms with Gasteiger partial charge in [0.25, 0.3) is 0 Å². The molecule has 0 bridgehead atoms. The van der Waals surface area contributed by atoms with Crippen molar-refractivity contribution in [2.75, 3.05) is 5.32 Å². The quantitative estimate of drug-likeness (QED) is 0.647. The third kappa shape index (κ3) is 5.21. The van der Waals surface area contributed by atoms with Crippen LogP contribution in [-0.4, -0.2) is 12.0 Å². The molecule has 0 radical (unpaired) electrons. The molecular weight excluding hydrogens is 358 g/mol. The molecular formula is C23H26ClNO2. The van der Waals surface area contributed by atoms with E-state index in [1.807, 2.05) is 36.4 Å². The number of carbonyl (C=O) groups excluding carboxylic acids is 1. The Morgan fingerprint density at radius 2 is 1.78 bits per heavy atom. The number of benzene rings is 2. The zero-order valence-electron chi connectivity index (χ0n) is 15.9. The summed E-state index contributed by atoms with van der Waals surface area (Å²) >= 11 is 5.99. The molecule has 1 aliphatic heterocycles. The van der Waals surface area contributed by atoms with Gasteiger partial charge in [0, 0.05) is 23.6 Å². The van der Waals surface area contributed by atoms with E-state index in [4.69, 9.17) is 16.3 Å². The summed E-state index contributed by atoms with van der Waals surface area (Å²) in [5, 5.41) is 3.56. The SMILES string of the molecule is C=C(C)[C@@H]1CC[C@@H](Cc2ccc(Cl)cc2)O[C@H]1c1ccc(NC(C)=O)cc1. The van der Waals surface area contributed by atoms with Gasteiger partial charge in [0.15, 0.2) is 0 Å². The number of nitrogens with one attached hydrogen (secondary N) is 1. The van der Waals surface area contributed by atoms with E-state index in [9.17, 15) is 4.79 Å². The first-order valence-corrected chi connectivity index (χ1v) is 9.73. The smallest absolute Gasteiger partial charge is 0.221 e. The minimum atomic E-state index is -0.0699. The van der Waals surface area contributed by atoms with Crippen LogP contribution >= 0.6 is 11.6 Å². The number of rotatable bonds is 5. The molecule has 1 heterocycles. The molecule has 0 aliphatic carbocycles. The molecule has 1 N–H and O–H groups in total. The van der Waals surface area contributed by atoms with Crippen molar-refractivity contribution in [3.05, 3.63) is 76.8 Å². The van der Waals surface area contributed by atoms with Gasteiger partial charge < -0.3 is 10.1 Å². The van der Waals surface area contributed by atoms with Crippen LogP contribution in [0.15, 0.2) is 60.7 Å². The lowest BCUT2D eigenvalue weighted by atomic mass is 9.82. The number of hydrogen-bond donors (Lipinski definition) is 1. The molecule has 0 unspecified atom stereocenters. The monoisotopic (exact) mass is 383 g/mol. The van der Waals surface area contributed by atoms with E-state index >= 15 is 0 Å². The molecule has 4 heteroatoms. The lowest BCUT2D eigenvalue weighted by molar-refractivity contribution is -0.114. The van der Waals surface area contributed by atoms with E-state index in [0.717, 1.165) is 41.1 Å². The number of ether oxygens (including phenoxy) is 1. The topological polar surface area (TPSA) is 38.3 Å². The van der Waals surface area contributed by atoms with Crippen molar-refractivity contribution in [1.29, 1.82) is 0 Å². The van der Waals surface area contributed by atoms with Gasteiger partial charge in [-0.2, -0.15) is 0 Å². The molecule has 1 fully saturated rings. The molecule has 3 nitrogen and oxygen atoms in total. The highest BCUT2D eigenvalue weighted by atomic mass is 35.5. The maximum atomic E-state index is 11.2. The van der Waals surface area contributed by atoms with Crippen LogP contribution in [-0.2, 0) is 16.0 Å². The van der Waals surface area contributed by atoms with Crippen molar-refractivity contribution in [3.63, 3.8) is 0 Å². The largest absolute Gasteiger partial charge is 0.369 e. The van der Waals surface area contributed by atoms with E-state index in [1.165, 1.54) is 12.5 Å². The summed E-state index contributed by atoms with van der Waals surface area (Å²) in [4.78, 5) is 11.2. The van der Waals surface area contributed by atoms with Crippen LogP contribution in [0.1, 0.15) is 43.9 Å². The average Bonchev–Trinajstić information content (AvgIpc) is 2.63. The van der Waals surface area contributed by atoms with Gasteiger partial charge in [-0.05, 0) is 61.6 Å². The molecule has 27 heavy (non-hydrogen) atoms. The van der Waals surface area contributed by atoms with E-state index in [-0.39, 0.29) is 18.1 Å². The molecule has 0 aromatic heterocycles. The summed E-state index contributed by atoms with van der Waals surface area (Å²) in [6.07, 6.45) is 3.11. The fourth-order valence-corrected chi connectivity index (χ4v) is 3.82. The van der Waals surface area contributed by atoms with Crippen LogP contribution in [0.25, 0.3) is 0 Å². The lowest BCUT2D eigenvalue weighted by Gasteiger charge is -2.37. The number of hydrogen-bond acceptors (Lipinski definition) is 2. The van der Waals surface area contributed by atoms with Gasteiger partial charge in [0.05, 0.1) is 12.2 Å². The predicted molar refractivity (Wildman–Crippen MR) is 111 cm³/mol. The normalized spacial score (nSPS) is 22.3. The predicted octanol–water partition coefficient (Wildman–Crippen LogP) is 5.95. The standard InChI is InChI=1S/C23H26ClNO2/c1-15(2)22-13-12-21(14-17-4-8-19(24)9-5-17)27-23(22)18-6-10-20(11-7-18)25-16(3)26/h4-11,21-23H,1,12-14H2,2-3H3,(H,25,26)/t21-,22-,23-/m0/s1. The maximum Gasteiger partial charge on any atom is 0.221 e. The van der Waals surface area contributed by atoms with Crippen molar-refractivity contribution in [2.24, 2.45) is 5.92 Å². The Kier molecular flexibility index (Phi) is 6.35. The van der Waals surface area contributed by atoms with Crippen LogP contribution in [0.3, 0.4) is 0 Å². The minimum Gasteiger partial charge on any atom is -0.369 e. The Morgan fingerprint density at radius 3 is 2.37 bits per heavy atom. The summed E-state index contributed by atoms with van der Waals surface area (Å²) in [5.41, 5.74) is 4.30. The lowest BCUT2D eigenvalue weighted by Crippen LogP contribution is -2.31. The highest BCUT2D eigenvalue weighted by molar-refractivity contribution is 6.30. The van der Waals surface area contributed by atoms with E-state index in [2.05, 4.69) is 31.0 Å². The second-order valence-corrected chi connectivity index (χ2v) is 7.78. The Morgan fingerprint density at radius 1 is 1.11 bits per heavy atom. The van der Waals surface area contributed by atoms with E-state index in [0.29, 0.717) is 5.92 Å². The fourth-order valence-electron chi connectivity index (χ4n) is 3.70. The van der Waals surface area contributed by atoms with Crippen molar-refractivity contribution in [2.45, 2.75) is 45.3 Å². The van der Waals surface area contributed by atoms with Gasteiger partial charge in [0.1, 0.15) is 0 Å². The van der Waals surface area contributed by atoms with Crippen molar-refractivity contribution >= 4 is 23.2 Å². The minimum absolute atomic E-state index is 0.0140. The molecule has 3 atom stereocenters. The van der Waals surface area contributed by atoms with Crippen LogP contribution in [0.5, 0.6) is 0 Å². The summed E-state index contributed by atoms with van der Waals surface area (Å²) in [5.74, 6) is 0.234. The maximum absolute atomic E-state index is 11.2. The number of amides is 1. The first-order valence-electron chi connectivity index (χ1n) is 9.35. The first-order chi connectivity index (χ1) is 12.9. The second-order valence-electron chi connectivity index (χ2n) is 7.34. The van der Waals surface area contributed by atoms with Gasteiger partial charge in [-0.1, -0.05) is 48.0 Å². The molecule has 2 aromatic carbocycles. The average molecular weight is 384 g/mol. The summed E-state index contributed by atoms with van der Waals surface area (Å²) < 4.78 is 6.52. The molecule has 3 rings (SSSR count). The number of halogens is 1. The zero-order chi connectivity index (χ0) is 19.4. The summed E-state index contributed by atoms with van der Waals surface area (Å²) in [7, 11) is 0. The van der Waals surface area contributed by atoms with Crippen LogP contribution < -0.4 is 5.32 Å². The van der Waals surface area contributed by atoms with Gasteiger partial charge in [-0.15, -0.1) is 0 Å². The Balaban J connectivity index is 1.75. The summed E-state index contributed by atoms with van der Waals surface area (Å²) in [6, 6.07) is 15.9. The van der Waals surface area contributed by atoms with Crippen molar-refractivity contribution in [1.82, 2.24) is 0 Å². The summed E-state index contributed by atoms with van der Waals surface area (Å²) in [6.45, 7) is 7.76. The molecule has 1 aliphatic rings. The fraction of sp³-hybridized carbons (Fsp3) is 0.348. The third-order valence-corrected chi connectivity index (χ3v) is 5.33. The molecule has 142 valence electrons. The molecule has 1 saturated heterocycles. The second kappa shape index (κ2) is 8.73. The van der Waals surface area contributed by atoms with Gasteiger partial charge in [-0.25, -0.2) is 0 Å². The van der Waals surface area contributed by atoms with Crippen molar-refractivity contribution in [3.8, 4) is 0 Å². The van der Waals surface area contributed by atoms with Crippen LogP contribution in [0.4, 0.5) is 5.69 Å². The number of anilines is 1. The molecule has 1 amide bonds. The highest BCUT2D eigenvalue weighted by Gasteiger charge is 2.32. The molecule has 2 aromatic rings. The van der Waals surface area contributed by atoms with Crippen molar-refractivity contribution < 1.29 is 9.53 Å². The van der Waals surface area contributed by atoms with Crippen LogP contribution in [0.2, 0.25) is 5.02 Å². The Hall–Kier alpha value is -2.10. The Bertz CT molecular complexity index is 798. The molecule has 0 spiro atoms. The van der Waals surface area contributed by atoms with Crippen LogP contribution in [0, 0.1) is 5.92 Å². The van der Waals surface area contributed by atoms with Gasteiger partial charge >= 0.3 is 0 Å². The molecule has 0 saturated carbocycles. The third-order valence-electron chi connectivity index (χ3n) is 5.07. The van der Waals surface area contributed by atoms with E-state index < -0.39 is 0 Å². The number of carbonyl (C=O) groups is 1. The van der Waals surface area contributed by atoms with Gasteiger partial charge in [0.2, 0.25) is 5.91 Å². The van der Waals surface area contributed by atoms with Gasteiger partial charge in [-0.3, -0.25) is 4.79 Å². The highest BCUT2D eigenvalue weighted by Crippen LogP contribution is 2.40. The first kappa shape index (κ1) is 19.7.